The van der Waals surface area contributed by atoms with Crippen LogP contribution in [-0.4, -0.2) is 71.3 Å². The van der Waals surface area contributed by atoms with Crippen LogP contribution in [0.1, 0.15) is 24.0 Å². The number of halogens is 2. The summed E-state index contributed by atoms with van der Waals surface area (Å²) < 4.78 is 26.9. The first-order valence-corrected chi connectivity index (χ1v) is 12.5. The van der Waals surface area contributed by atoms with Crippen LogP contribution in [0.2, 0.25) is 0 Å². The zero-order valence-corrected chi connectivity index (χ0v) is 21.2. The largest absolute Gasteiger partial charge is 0.361 e. The van der Waals surface area contributed by atoms with Gasteiger partial charge in [0.25, 0.3) is 0 Å². The molecule has 2 heterocycles. The lowest BCUT2D eigenvalue weighted by Crippen LogP contribution is -2.64. The van der Waals surface area contributed by atoms with Crippen LogP contribution in [0.15, 0.2) is 54.7 Å². The molecular formula is C28H31F2N5O3. The topological polar surface area (TPSA) is 112 Å². The average molecular weight is 524 g/mol. The first-order valence-electron chi connectivity index (χ1n) is 12.5. The van der Waals surface area contributed by atoms with Crippen molar-refractivity contribution in [3.8, 4) is 0 Å². The van der Waals surface area contributed by atoms with Gasteiger partial charge in [0.05, 0.1) is 6.54 Å². The number of aromatic nitrogens is 1. The van der Waals surface area contributed by atoms with E-state index in [9.17, 15) is 23.2 Å². The third kappa shape index (κ3) is 6.08. The van der Waals surface area contributed by atoms with Gasteiger partial charge in [-0.3, -0.25) is 14.4 Å². The zero-order valence-electron chi connectivity index (χ0n) is 21.2. The van der Waals surface area contributed by atoms with E-state index in [-0.39, 0.29) is 55.9 Å². The van der Waals surface area contributed by atoms with E-state index >= 15 is 0 Å². The highest BCUT2D eigenvalue weighted by Gasteiger charge is 2.44. The number of nitrogens with two attached hydrogens (primary N) is 1. The van der Waals surface area contributed by atoms with E-state index in [2.05, 4.69) is 10.3 Å². The summed E-state index contributed by atoms with van der Waals surface area (Å²) in [6, 6.07) is 10.2. The van der Waals surface area contributed by atoms with E-state index in [1.54, 1.807) is 47.3 Å². The molecule has 200 valence electrons. The van der Waals surface area contributed by atoms with Crippen molar-refractivity contribution in [3.05, 3.63) is 77.5 Å². The monoisotopic (exact) mass is 523 g/mol. The molecule has 0 atom stereocenters. The van der Waals surface area contributed by atoms with Gasteiger partial charge >= 0.3 is 0 Å². The molecule has 3 amide bonds. The molecule has 0 aliphatic carbocycles. The number of benzene rings is 2. The number of carbonyl (C=O) groups excluding carboxylic acids is 3. The minimum Gasteiger partial charge on any atom is -0.361 e. The minimum absolute atomic E-state index is 0.126. The Hall–Kier alpha value is -4.05. The lowest BCUT2D eigenvalue weighted by Gasteiger charge is -2.42. The van der Waals surface area contributed by atoms with Gasteiger partial charge in [-0.15, -0.1) is 0 Å². The fourth-order valence-electron chi connectivity index (χ4n) is 4.80. The third-order valence-electron chi connectivity index (χ3n) is 7.01. The summed E-state index contributed by atoms with van der Waals surface area (Å²) in [6.45, 7) is 0.772. The number of H-pyrrole nitrogens is 1. The van der Waals surface area contributed by atoms with Gasteiger partial charge in [0.15, 0.2) is 0 Å². The Balaban J connectivity index is 1.48. The van der Waals surface area contributed by atoms with E-state index in [4.69, 9.17) is 5.73 Å². The van der Waals surface area contributed by atoms with Crippen LogP contribution in [0, 0.1) is 11.6 Å². The quantitative estimate of drug-likeness (QED) is 0.394. The molecule has 0 spiro atoms. The average Bonchev–Trinajstić information content (AvgIpc) is 3.32. The number of nitrogens with one attached hydrogen (secondary N) is 2. The third-order valence-corrected chi connectivity index (χ3v) is 7.01. The number of aromatic amines is 1. The van der Waals surface area contributed by atoms with E-state index < -0.39 is 11.4 Å². The summed E-state index contributed by atoms with van der Waals surface area (Å²) >= 11 is 0. The van der Waals surface area contributed by atoms with Crippen LogP contribution >= 0.6 is 0 Å². The fourth-order valence-corrected chi connectivity index (χ4v) is 4.80. The van der Waals surface area contributed by atoms with Gasteiger partial charge in [0, 0.05) is 49.9 Å². The summed E-state index contributed by atoms with van der Waals surface area (Å²) in [4.78, 5) is 45.0. The molecule has 1 saturated heterocycles. The number of hydrogen-bond acceptors (Lipinski definition) is 4. The molecule has 1 aromatic heterocycles. The van der Waals surface area contributed by atoms with Gasteiger partial charge in [-0.1, -0.05) is 12.1 Å². The fraction of sp³-hybridized carbons (Fsp3) is 0.321. The summed E-state index contributed by atoms with van der Waals surface area (Å²) in [6.07, 6.45) is 5.60. The van der Waals surface area contributed by atoms with Gasteiger partial charge in [0.1, 0.15) is 17.2 Å². The molecule has 1 aliphatic heterocycles. The molecule has 4 N–H and O–H groups in total. The minimum atomic E-state index is -1.21. The number of fused-ring (bicyclic) bond motifs is 1. The Morgan fingerprint density at radius 3 is 2.47 bits per heavy atom. The van der Waals surface area contributed by atoms with Crippen LogP contribution in [-0.2, 0) is 20.8 Å². The lowest BCUT2D eigenvalue weighted by molar-refractivity contribution is -0.144. The Morgan fingerprint density at radius 2 is 1.79 bits per heavy atom. The normalized spacial score (nSPS) is 15.1. The van der Waals surface area contributed by atoms with Crippen molar-refractivity contribution in [3.63, 3.8) is 0 Å². The van der Waals surface area contributed by atoms with Crippen molar-refractivity contribution in [1.29, 1.82) is 0 Å². The highest BCUT2D eigenvalue weighted by Crippen LogP contribution is 2.26. The number of rotatable bonds is 8. The van der Waals surface area contributed by atoms with E-state index in [1.165, 1.54) is 30.3 Å². The smallest absolute Gasteiger partial charge is 0.248 e. The molecule has 0 bridgehead atoms. The van der Waals surface area contributed by atoms with Crippen LogP contribution in [0.5, 0.6) is 0 Å². The first kappa shape index (κ1) is 27.0. The maximum Gasteiger partial charge on any atom is 0.248 e. The number of piperidine rings is 1. The first-order chi connectivity index (χ1) is 18.2. The van der Waals surface area contributed by atoms with E-state index in [0.717, 1.165) is 16.5 Å². The van der Waals surface area contributed by atoms with Gasteiger partial charge in [-0.05, 0) is 66.8 Å². The number of hydrogen-bond donors (Lipinski definition) is 3. The molecular weight excluding hydrogens is 492 g/mol. The van der Waals surface area contributed by atoms with Gasteiger partial charge in [-0.2, -0.15) is 0 Å². The van der Waals surface area contributed by atoms with E-state index in [1.807, 2.05) is 0 Å². The Labute approximate surface area is 219 Å². The van der Waals surface area contributed by atoms with Crippen LogP contribution < -0.4 is 11.1 Å². The summed E-state index contributed by atoms with van der Waals surface area (Å²) in [5.74, 6) is -1.67. The van der Waals surface area contributed by atoms with Crippen molar-refractivity contribution in [2.75, 3.05) is 33.2 Å². The van der Waals surface area contributed by atoms with Crippen LogP contribution in [0.4, 0.5) is 8.78 Å². The predicted octanol–water partition coefficient (Wildman–Crippen LogP) is 2.60. The molecule has 2 aromatic carbocycles. The van der Waals surface area contributed by atoms with Gasteiger partial charge in [-0.25, -0.2) is 8.78 Å². The molecule has 0 radical (unpaired) electrons. The lowest BCUT2D eigenvalue weighted by atomic mass is 9.85. The molecule has 0 saturated carbocycles. The van der Waals surface area contributed by atoms with Crippen molar-refractivity contribution in [1.82, 2.24) is 20.1 Å². The molecule has 38 heavy (non-hydrogen) atoms. The van der Waals surface area contributed by atoms with Crippen molar-refractivity contribution < 1.29 is 23.2 Å². The maximum absolute atomic E-state index is 13.8. The number of amides is 3. The molecule has 4 rings (SSSR count). The zero-order chi connectivity index (χ0) is 27.3. The number of likely N-dealkylation sites (tertiary alicyclic amines) is 1. The summed E-state index contributed by atoms with van der Waals surface area (Å²) in [5.41, 5.74) is 6.62. The summed E-state index contributed by atoms with van der Waals surface area (Å²) in [7, 11) is 1.66. The van der Waals surface area contributed by atoms with Gasteiger partial charge in [0.2, 0.25) is 17.7 Å². The molecule has 3 aromatic rings. The van der Waals surface area contributed by atoms with Crippen LogP contribution in [0.3, 0.4) is 0 Å². The van der Waals surface area contributed by atoms with Crippen LogP contribution in [0.25, 0.3) is 17.0 Å². The van der Waals surface area contributed by atoms with Crippen molar-refractivity contribution >= 4 is 34.7 Å². The number of likely N-dealkylation sites (N-methyl/N-ethyl adjacent to an activating group) is 1. The highest BCUT2D eigenvalue weighted by molar-refractivity contribution is 5.97. The number of carbonyl (C=O) groups is 3. The molecule has 10 heteroatoms. The Morgan fingerprint density at radius 1 is 1.11 bits per heavy atom. The maximum atomic E-state index is 13.8. The molecule has 0 unspecified atom stereocenters. The Bertz CT molecular complexity index is 1340. The van der Waals surface area contributed by atoms with Crippen molar-refractivity contribution in [2.24, 2.45) is 5.73 Å². The summed E-state index contributed by atoms with van der Waals surface area (Å²) in [5, 5.41) is 3.64. The SMILES string of the molecule is CN(CCc1c[nH]c2ccc(F)cc12)C(=O)C1(NC(=O)C=Cc2ccc(F)cc2)CCN(C(=O)CN)CC1. The second kappa shape index (κ2) is 11.6. The second-order valence-electron chi connectivity index (χ2n) is 9.52. The standard InChI is InChI=1S/C28H31F2N5O3/c1-34(13-10-20-18-32-24-8-7-22(30)16-23(20)24)27(38)28(11-14-35(15-12-28)26(37)17-31)33-25(36)9-4-19-2-5-21(29)6-3-19/h2-9,16,18,32H,10-15,17,31H2,1H3,(H,33,36). The predicted molar refractivity (Wildman–Crippen MR) is 141 cm³/mol. The highest BCUT2D eigenvalue weighted by atomic mass is 19.1. The second-order valence-corrected chi connectivity index (χ2v) is 9.52. The molecule has 8 nitrogen and oxygen atoms in total. The van der Waals surface area contributed by atoms with Crippen molar-refractivity contribution in [2.45, 2.75) is 24.8 Å². The Kier molecular flexibility index (Phi) is 8.21. The molecule has 1 aliphatic rings. The number of nitrogens with zero attached hydrogens (tertiary/aromatic N) is 2. The molecule has 1 fully saturated rings. The van der Waals surface area contributed by atoms with E-state index in [0.29, 0.717) is 18.5 Å². The van der Waals surface area contributed by atoms with Gasteiger partial charge < -0.3 is 25.8 Å².